The van der Waals surface area contributed by atoms with Crippen molar-refractivity contribution in [2.45, 2.75) is 17.3 Å². The quantitative estimate of drug-likeness (QED) is 0.523. The van der Waals surface area contributed by atoms with Gasteiger partial charge in [-0.15, -0.1) is 11.8 Å². The molecule has 106 valence electrons. The molecule has 0 fully saturated rings. The number of aromatic amines is 1. The fourth-order valence-corrected chi connectivity index (χ4v) is 3.49. The molecule has 1 N–H and O–H groups in total. The summed E-state index contributed by atoms with van der Waals surface area (Å²) >= 11 is 13.8. The molecular formula is C13H12Br2N2OS2. The maximum atomic E-state index is 5.24. The highest BCUT2D eigenvalue weighted by Crippen LogP contribution is 2.25. The van der Waals surface area contributed by atoms with Crippen molar-refractivity contribution in [1.29, 1.82) is 0 Å². The number of nitrogens with zero attached hydrogens (tertiary/aromatic N) is 1. The minimum atomic E-state index is 0.474. The molecule has 0 unspecified atom stereocenters. The van der Waals surface area contributed by atoms with E-state index in [0.29, 0.717) is 11.2 Å². The Morgan fingerprint density at radius 2 is 2.20 bits per heavy atom. The zero-order valence-electron chi connectivity index (χ0n) is 10.7. The van der Waals surface area contributed by atoms with Crippen LogP contribution >= 0.6 is 55.8 Å². The van der Waals surface area contributed by atoms with Gasteiger partial charge in [-0.1, -0.05) is 34.2 Å². The van der Waals surface area contributed by atoms with Gasteiger partial charge in [-0.3, -0.25) is 0 Å². The monoisotopic (exact) mass is 434 g/mol. The number of hydrogen-bond donors (Lipinski definition) is 1. The zero-order valence-corrected chi connectivity index (χ0v) is 15.5. The molecule has 1 heterocycles. The molecule has 7 heteroatoms. The highest BCUT2D eigenvalue weighted by atomic mass is 79.9. The van der Waals surface area contributed by atoms with Crippen molar-refractivity contribution in [3.05, 3.63) is 49.4 Å². The van der Waals surface area contributed by atoms with Gasteiger partial charge in [0.1, 0.15) is 10.5 Å². The van der Waals surface area contributed by atoms with Crippen LogP contribution in [0.5, 0.6) is 0 Å². The fourth-order valence-electron chi connectivity index (χ4n) is 1.58. The summed E-state index contributed by atoms with van der Waals surface area (Å²) in [6.45, 7) is 0.474. The Bertz CT molecular complexity index is 661. The van der Waals surface area contributed by atoms with Crippen LogP contribution in [0, 0.1) is 4.64 Å². The van der Waals surface area contributed by atoms with E-state index in [2.05, 4.69) is 54.0 Å². The largest absolute Gasteiger partial charge is 0.378 e. The summed E-state index contributed by atoms with van der Waals surface area (Å²) < 4.78 is 7.57. The molecule has 3 nitrogen and oxygen atoms in total. The second kappa shape index (κ2) is 7.70. The van der Waals surface area contributed by atoms with Crippen LogP contribution in [-0.4, -0.2) is 17.1 Å². The van der Waals surface area contributed by atoms with Gasteiger partial charge in [0.2, 0.25) is 0 Å². The van der Waals surface area contributed by atoms with E-state index in [4.69, 9.17) is 17.0 Å². The van der Waals surface area contributed by atoms with Gasteiger partial charge < -0.3 is 9.72 Å². The third kappa shape index (κ3) is 4.39. The number of ether oxygens (including phenoxy) is 1. The van der Waals surface area contributed by atoms with Crippen molar-refractivity contribution in [3.63, 3.8) is 0 Å². The summed E-state index contributed by atoms with van der Waals surface area (Å²) in [4.78, 5) is 8.81. The number of rotatable bonds is 5. The van der Waals surface area contributed by atoms with E-state index in [1.165, 1.54) is 4.90 Å². The lowest BCUT2D eigenvalue weighted by Crippen LogP contribution is -2.01. The Kier molecular flexibility index (Phi) is 6.22. The molecule has 0 aliphatic heterocycles. The van der Waals surface area contributed by atoms with Gasteiger partial charge in [-0.2, -0.15) is 0 Å². The van der Waals surface area contributed by atoms with E-state index in [9.17, 15) is 0 Å². The number of hydrogen-bond acceptors (Lipinski definition) is 4. The second-order valence-corrected chi connectivity index (χ2v) is 7.10. The zero-order chi connectivity index (χ0) is 14.5. The molecule has 0 spiro atoms. The molecule has 0 atom stereocenters. The maximum absolute atomic E-state index is 5.24. The van der Waals surface area contributed by atoms with Crippen molar-refractivity contribution in [3.8, 4) is 0 Å². The van der Waals surface area contributed by atoms with Crippen LogP contribution in [0.3, 0.4) is 0 Å². The molecule has 2 aromatic rings. The van der Waals surface area contributed by atoms with Crippen LogP contribution < -0.4 is 0 Å². The van der Waals surface area contributed by atoms with Crippen molar-refractivity contribution >= 4 is 55.8 Å². The minimum absolute atomic E-state index is 0.474. The predicted molar refractivity (Wildman–Crippen MR) is 91.5 cm³/mol. The Morgan fingerprint density at radius 1 is 1.40 bits per heavy atom. The summed E-state index contributed by atoms with van der Waals surface area (Å²) in [6, 6.07) is 8.17. The molecule has 0 saturated carbocycles. The number of benzene rings is 1. The highest BCUT2D eigenvalue weighted by Gasteiger charge is 2.07. The number of aromatic nitrogens is 2. The van der Waals surface area contributed by atoms with E-state index in [0.717, 1.165) is 26.2 Å². The summed E-state index contributed by atoms with van der Waals surface area (Å²) in [7, 11) is 1.65. The molecule has 0 bridgehead atoms. The van der Waals surface area contributed by atoms with Gasteiger partial charge in [-0.05, 0) is 34.1 Å². The van der Waals surface area contributed by atoms with Crippen LogP contribution in [-0.2, 0) is 17.1 Å². The summed E-state index contributed by atoms with van der Waals surface area (Å²) in [5.74, 6) is 1.57. The fraction of sp³-hybridized carbons (Fsp3) is 0.231. The lowest BCUT2D eigenvalue weighted by molar-refractivity contribution is 0.180. The lowest BCUT2D eigenvalue weighted by Gasteiger charge is -2.08. The first kappa shape index (κ1) is 16.2. The smallest absolute Gasteiger partial charge is 0.144 e. The third-order valence-corrected chi connectivity index (χ3v) is 5.36. The first-order valence-corrected chi connectivity index (χ1v) is 8.73. The molecule has 0 amide bonds. The van der Waals surface area contributed by atoms with Crippen LogP contribution in [0.25, 0.3) is 0 Å². The van der Waals surface area contributed by atoms with Crippen molar-refractivity contribution < 1.29 is 4.74 Å². The lowest BCUT2D eigenvalue weighted by atomic mass is 10.4. The van der Waals surface area contributed by atoms with E-state index in [1.807, 2.05) is 12.1 Å². The van der Waals surface area contributed by atoms with E-state index < -0.39 is 0 Å². The average Bonchev–Trinajstić information content (AvgIpc) is 2.42. The van der Waals surface area contributed by atoms with Crippen molar-refractivity contribution in [2.24, 2.45) is 0 Å². The molecular weight excluding hydrogens is 424 g/mol. The predicted octanol–water partition coefficient (Wildman–Crippen LogP) is 5.10. The van der Waals surface area contributed by atoms with Crippen LogP contribution in [0.15, 0.2) is 38.1 Å². The summed E-state index contributed by atoms with van der Waals surface area (Å²) in [5, 5.41) is 0. The molecule has 1 aromatic carbocycles. The number of methoxy groups -OCH3 is 1. The molecule has 20 heavy (non-hydrogen) atoms. The van der Waals surface area contributed by atoms with Crippen LogP contribution in [0.1, 0.15) is 11.5 Å². The standard InChI is InChI=1S/C13H12Br2N2OS2/c1-18-6-10-12(15)13(19)17-11(16-10)7-20-9-4-2-3-8(14)5-9/h2-5H,6-7H2,1H3,(H,16,17,19). The molecule has 1 aromatic heterocycles. The second-order valence-electron chi connectivity index (χ2n) is 3.96. The summed E-state index contributed by atoms with van der Waals surface area (Å²) in [6.07, 6.45) is 0. The van der Waals surface area contributed by atoms with Gasteiger partial charge in [0.15, 0.2) is 0 Å². The highest BCUT2D eigenvalue weighted by molar-refractivity contribution is 9.10. The SMILES string of the molecule is COCc1[nH]c(CSc2cccc(Br)c2)nc(=S)c1Br. The topological polar surface area (TPSA) is 37.9 Å². The van der Waals surface area contributed by atoms with Gasteiger partial charge in [-0.25, -0.2) is 4.98 Å². The molecule has 2 rings (SSSR count). The van der Waals surface area contributed by atoms with Crippen molar-refractivity contribution in [1.82, 2.24) is 9.97 Å². The Labute approximate surface area is 143 Å². The van der Waals surface area contributed by atoms with Gasteiger partial charge in [0.05, 0.1) is 22.5 Å². The maximum Gasteiger partial charge on any atom is 0.144 e. The number of H-pyrrole nitrogens is 1. The number of nitrogens with one attached hydrogen (secondary N) is 1. The number of thioether (sulfide) groups is 1. The Morgan fingerprint density at radius 3 is 2.90 bits per heavy atom. The van der Waals surface area contributed by atoms with Crippen LogP contribution in [0.4, 0.5) is 0 Å². The molecule has 0 aliphatic rings. The number of halogens is 2. The average molecular weight is 436 g/mol. The van der Waals surface area contributed by atoms with E-state index in [-0.39, 0.29) is 0 Å². The Hall–Kier alpha value is -0.210. The summed E-state index contributed by atoms with van der Waals surface area (Å²) in [5.41, 5.74) is 0.914. The normalized spacial score (nSPS) is 10.8. The van der Waals surface area contributed by atoms with Crippen molar-refractivity contribution in [2.75, 3.05) is 7.11 Å². The van der Waals surface area contributed by atoms with Gasteiger partial charge in [0, 0.05) is 16.5 Å². The first-order chi connectivity index (χ1) is 9.60. The van der Waals surface area contributed by atoms with Gasteiger partial charge in [0.25, 0.3) is 0 Å². The minimum Gasteiger partial charge on any atom is -0.378 e. The Balaban J connectivity index is 2.15. The van der Waals surface area contributed by atoms with Gasteiger partial charge >= 0.3 is 0 Å². The van der Waals surface area contributed by atoms with E-state index >= 15 is 0 Å². The first-order valence-electron chi connectivity index (χ1n) is 5.75. The molecule has 0 radical (unpaired) electrons. The molecule has 0 aliphatic carbocycles. The molecule has 0 saturated heterocycles. The van der Waals surface area contributed by atoms with Crippen LogP contribution in [0.2, 0.25) is 0 Å². The van der Waals surface area contributed by atoms with E-state index in [1.54, 1.807) is 18.9 Å². The third-order valence-electron chi connectivity index (χ3n) is 2.44.